The Morgan fingerprint density at radius 1 is 1.42 bits per heavy atom. The fourth-order valence-electron chi connectivity index (χ4n) is 1.56. The highest BCUT2D eigenvalue weighted by Gasteiger charge is 2.15. The highest BCUT2D eigenvalue weighted by molar-refractivity contribution is 5.99. The number of aromatic nitrogens is 2. The SMILES string of the molecule is Cc1noc(-c2ccccc2C(=O)NCCN)n1.Cl. The van der Waals surface area contributed by atoms with Gasteiger partial charge in [0.15, 0.2) is 5.82 Å². The number of carbonyl (C=O) groups excluding carboxylic acids is 1. The average molecular weight is 283 g/mol. The van der Waals surface area contributed by atoms with Crippen molar-refractivity contribution in [3.8, 4) is 11.5 Å². The summed E-state index contributed by atoms with van der Waals surface area (Å²) in [6.07, 6.45) is 0. The third-order valence-electron chi connectivity index (χ3n) is 2.36. The summed E-state index contributed by atoms with van der Waals surface area (Å²) in [6.45, 7) is 2.55. The van der Waals surface area contributed by atoms with Crippen LogP contribution in [0.4, 0.5) is 0 Å². The van der Waals surface area contributed by atoms with Gasteiger partial charge in [0.2, 0.25) is 0 Å². The van der Waals surface area contributed by atoms with Gasteiger partial charge in [-0.3, -0.25) is 4.79 Å². The van der Waals surface area contributed by atoms with Gasteiger partial charge in [-0.05, 0) is 19.1 Å². The number of halogens is 1. The Kier molecular flexibility index (Phi) is 5.47. The van der Waals surface area contributed by atoms with Crippen LogP contribution >= 0.6 is 12.4 Å². The van der Waals surface area contributed by atoms with Crippen molar-refractivity contribution in [1.29, 1.82) is 0 Å². The summed E-state index contributed by atoms with van der Waals surface area (Å²) in [5, 5.41) is 6.43. The second-order valence-electron chi connectivity index (χ2n) is 3.74. The molecule has 0 spiro atoms. The van der Waals surface area contributed by atoms with Crippen molar-refractivity contribution in [2.45, 2.75) is 6.92 Å². The zero-order valence-electron chi connectivity index (χ0n) is 10.4. The van der Waals surface area contributed by atoms with Crippen LogP contribution in [-0.2, 0) is 0 Å². The van der Waals surface area contributed by atoms with Crippen LogP contribution in [0.2, 0.25) is 0 Å². The number of aryl methyl sites for hydroxylation is 1. The first-order chi connectivity index (χ1) is 8.72. The Labute approximate surface area is 116 Å². The molecule has 7 heteroatoms. The van der Waals surface area contributed by atoms with Crippen molar-refractivity contribution in [3.63, 3.8) is 0 Å². The number of benzene rings is 1. The van der Waals surface area contributed by atoms with E-state index in [1.807, 2.05) is 6.07 Å². The summed E-state index contributed by atoms with van der Waals surface area (Å²) in [4.78, 5) is 16.1. The van der Waals surface area contributed by atoms with E-state index in [4.69, 9.17) is 10.3 Å². The Balaban J connectivity index is 0.00000180. The molecular formula is C12H15ClN4O2. The van der Waals surface area contributed by atoms with Crippen molar-refractivity contribution in [2.24, 2.45) is 5.73 Å². The molecule has 1 heterocycles. The fourth-order valence-corrected chi connectivity index (χ4v) is 1.56. The van der Waals surface area contributed by atoms with Crippen molar-refractivity contribution in [2.75, 3.05) is 13.1 Å². The highest BCUT2D eigenvalue weighted by atomic mass is 35.5. The predicted molar refractivity (Wildman–Crippen MR) is 73.1 cm³/mol. The molecule has 1 aromatic carbocycles. The lowest BCUT2D eigenvalue weighted by Crippen LogP contribution is -2.29. The van der Waals surface area contributed by atoms with Gasteiger partial charge in [0.1, 0.15) is 0 Å². The normalized spacial score (nSPS) is 9.79. The van der Waals surface area contributed by atoms with E-state index in [1.165, 1.54) is 0 Å². The van der Waals surface area contributed by atoms with Crippen LogP contribution in [0.15, 0.2) is 28.8 Å². The predicted octanol–water partition coefficient (Wildman–Crippen LogP) is 1.16. The first kappa shape index (κ1) is 15.1. The summed E-state index contributed by atoms with van der Waals surface area (Å²) < 4.78 is 5.08. The second kappa shape index (κ2) is 6.86. The molecule has 0 saturated carbocycles. The standard InChI is InChI=1S/C12H14N4O2.ClH/c1-8-15-12(18-16-8)10-5-3-2-4-9(10)11(17)14-7-6-13;/h2-5H,6-7,13H2,1H3,(H,14,17);1H. The third kappa shape index (κ3) is 3.52. The van der Waals surface area contributed by atoms with Gasteiger partial charge in [0.05, 0.1) is 11.1 Å². The van der Waals surface area contributed by atoms with Crippen LogP contribution in [0.3, 0.4) is 0 Å². The van der Waals surface area contributed by atoms with Gasteiger partial charge in [-0.25, -0.2) is 0 Å². The maximum atomic E-state index is 11.9. The molecule has 1 amide bonds. The zero-order chi connectivity index (χ0) is 13.0. The number of carbonyl (C=O) groups is 1. The van der Waals surface area contributed by atoms with Gasteiger partial charge in [-0.1, -0.05) is 17.3 Å². The molecule has 0 aliphatic carbocycles. The lowest BCUT2D eigenvalue weighted by Gasteiger charge is -2.06. The summed E-state index contributed by atoms with van der Waals surface area (Å²) in [6, 6.07) is 7.07. The third-order valence-corrected chi connectivity index (χ3v) is 2.36. The summed E-state index contributed by atoms with van der Waals surface area (Å²) in [7, 11) is 0. The van der Waals surface area contributed by atoms with E-state index in [0.29, 0.717) is 35.9 Å². The minimum Gasteiger partial charge on any atom is -0.351 e. The molecule has 0 radical (unpaired) electrons. The smallest absolute Gasteiger partial charge is 0.258 e. The van der Waals surface area contributed by atoms with Crippen LogP contribution in [0.5, 0.6) is 0 Å². The van der Waals surface area contributed by atoms with E-state index in [2.05, 4.69) is 15.5 Å². The second-order valence-corrected chi connectivity index (χ2v) is 3.74. The van der Waals surface area contributed by atoms with Gasteiger partial charge >= 0.3 is 0 Å². The van der Waals surface area contributed by atoms with Crippen molar-refractivity contribution < 1.29 is 9.32 Å². The number of hydrogen-bond donors (Lipinski definition) is 2. The van der Waals surface area contributed by atoms with Gasteiger partial charge in [0.25, 0.3) is 11.8 Å². The molecule has 102 valence electrons. The first-order valence-corrected chi connectivity index (χ1v) is 5.60. The van der Waals surface area contributed by atoms with E-state index >= 15 is 0 Å². The maximum absolute atomic E-state index is 11.9. The minimum atomic E-state index is -0.202. The van der Waals surface area contributed by atoms with Crippen molar-refractivity contribution in [1.82, 2.24) is 15.5 Å². The number of nitrogens with one attached hydrogen (secondary N) is 1. The molecule has 0 aliphatic heterocycles. The topological polar surface area (TPSA) is 94.0 Å². The molecular weight excluding hydrogens is 268 g/mol. The molecule has 2 rings (SSSR count). The number of amides is 1. The summed E-state index contributed by atoms with van der Waals surface area (Å²) in [5.41, 5.74) is 6.46. The van der Waals surface area contributed by atoms with Gasteiger partial charge in [0, 0.05) is 13.1 Å². The van der Waals surface area contributed by atoms with Crippen LogP contribution in [-0.4, -0.2) is 29.1 Å². The molecule has 0 atom stereocenters. The summed E-state index contributed by atoms with van der Waals surface area (Å²) >= 11 is 0. The molecule has 6 nitrogen and oxygen atoms in total. The van der Waals surface area contributed by atoms with Crippen molar-refractivity contribution >= 4 is 18.3 Å². The molecule has 19 heavy (non-hydrogen) atoms. The maximum Gasteiger partial charge on any atom is 0.258 e. The molecule has 0 saturated heterocycles. The van der Waals surface area contributed by atoms with E-state index in [0.717, 1.165) is 0 Å². The average Bonchev–Trinajstić information content (AvgIpc) is 2.82. The van der Waals surface area contributed by atoms with E-state index in [9.17, 15) is 4.79 Å². The Bertz CT molecular complexity index is 556. The minimum absolute atomic E-state index is 0. The largest absolute Gasteiger partial charge is 0.351 e. The van der Waals surface area contributed by atoms with Gasteiger partial charge < -0.3 is 15.6 Å². The molecule has 0 bridgehead atoms. The van der Waals surface area contributed by atoms with E-state index in [1.54, 1.807) is 25.1 Å². The Hall–Kier alpha value is -1.92. The highest BCUT2D eigenvalue weighted by Crippen LogP contribution is 2.21. The summed E-state index contributed by atoms with van der Waals surface area (Å²) in [5.74, 6) is 0.667. The number of hydrogen-bond acceptors (Lipinski definition) is 5. The van der Waals surface area contributed by atoms with Crippen LogP contribution < -0.4 is 11.1 Å². The monoisotopic (exact) mass is 282 g/mol. The molecule has 0 fully saturated rings. The number of nitrogens with zero attached hydrogens (tertiary/aromatic N) is 2. The lowest BCUT2D eigenvalue weighted by atomic mass is 10.1. The molecule has 1 aromatic heterocycles. The van der Waals surface area contributed by atoms with E-state index < -0.39 is 0 Å². The number of nitrogens with two attached hydrogens (primary N) is 1. The van der Waals surface area contributed by atoms with Gasteiger partial charge in [-0.15, -0.1) is 12.4 Å². The number of rotatable bonds is 4. The lowest BCUT2D eigenvalue weighted by molar-refractivity contribution is 0.0955. The molecule has 0 aliphatic rings. The van der Waals surface area contributed by atoms with Gasteiger partial charge in [-0.2, -0.15) is 4.98 Å². The Morgan fingerprint density at radius 2 is 2.16 bits per heavy atom. The first-order valence-electron chi connectivity index (χ1n) is 5.60. The van der Waals surface area contributed by atoms with E-state index in [-0.39, 0.29) is 18.3 Å². The quantitative estimate of drug-likeness (QED) is 0.877. The molecule has 2 aromatic rings. The van der Waals surface area contributed by atoms with Crippen molar-refractivity contribution in [3.05, 3.63) is 35.7 Å². The Morgan fingerprint density at radius 3 is 2.79 bits per heavy atom. The van der Waals surface area contributed by atoms with Crippen LogP contribution in [0, 0.1) is 6.92 Å². The van der Waals surface area contributed by atoms with Crippen LogP contribution in [0.25, 0.3) is 11.5 Å². The fraction of sp³-hybridized carbons (Fsp3) is 0.250. The zero-order valence-corrected chi connectivity index (χ0v) is 11.2. The van der Waals surface area contributed by atoms with Crippen LogP contribution in [0.1, 0.15) is 16.2 Å². The molecule has 0 unspecified atom stereocenters. The molecule has 3 N–H and O–H groups in total.